The standard InChI is InChI=1S/C14H22N2O3/c1-14(2,3)19-10-13(17)16-8-9-18-12-7-5-4-6-11(12)15/h4-7H,8-10,15H2,1-3H3,(H,16,17). The van der Waals surface area contributed by atoms with Crippen molar-refractivity contribution >= 4 is 11.6 Å². The quantitative estimate of drug-likeness (QED) is 0.605. The van der Waals surface area contributed by atoms with Crippen molar-refractivity contribution in [2.75, 3.05) is 25.5 Å². The van der Waals surface area contributed by atoms with Gasteiger partial charge in [-0.1, -0.05) is 12.1 Å². The first-order valence-electron chi connectivity index (χ1n) is 6.26. The van der Waals surface area contributed by atoms with Gasteiger partial charge in [-0.2, -0.15) is 0 Å². The van der Waals surface area contributed by atoms with Crippen molar-refractivity contribution in [3.05, 3.63) is 24.3 Å². The van der Waals surface area contributed by atoms with Crippen molar-refractivity contribution < 1.29 is 14.3 Å². The van der Waals surface area contributed by atoms with Crippen molar-refractivity contribution in [2.45, 2.75) is 26.4 Å². The van der Waals surface area contributed by atoms with Gasteiger partial charge in [0.25, 0.3) is 0 Å². The normalized spacial score (nSPS) is 11.1. The van der Waals surface area contributed by atoms with Crippen molar-refractivity contribution in [3.8, 4) is 5.75 Å². The second-order valence-electron chi connectivity index (χ2n) is 5.14. The molecule has 3 N–H and O–H groups in total. The fourth-order valence-corrected chi connectivity index (χ4v) is 1.30. The van der Waals surface area contributed by atoms with Gasteiger partial charge in [-0.15, -0.1) is 0 Å². The summed E-state index contributed by atoms with van der Waals surface area (Å²) < 4.78 is 10.8. The molecule has 0 spiro atoms. The van der Waals surface area contributed by atoms with Crippen LogP contribution in [0.25, 0.3) is 0 Å². The van der Waals surface area contributed by atoms with Crippen LogP contribution in [-0.4, -0.2) is 31.3 Å². The highest BCUT2D eigenvalue weighted by atomic mass is 16.5. The highest BCUT2D eigenvalue weighted by molar-refractivity contribution is 5.77. The summed E-state index contributed by atoms with van der Waals surface area (Å²) in [5.74, 6) is 0.474. The molecule has 0 saturated heterocycles. The fourth-order valence-electron chi connectivity index (χ4n) is 1.30. The number of carbonyl (C=O) groups is 1. The third kappa shape index (κ3) is 6.67. The van der Waals surface area contributed by atoms with E-state index in [2.05, 4.69) is 5.32 Å². The molecule has 1 aromatic rings. The second kappa shape index (κ2) is 6.99. The molecule has 0 fully saturated rings. The van der Waals surface area contributed by atoms with Crippen LogP contribution in [0.4, 0.5) is 5.69 Å². The molecule has 1 amide bonds. The largest absolute Gasteiger partial charge is 0.490 e. The van der Waals surface area contributed by atoms with Gasteiger partial charge in [0.2, 0.25) is 5.91 Å². The van der Waals surface area contributed by atoms with Gasteiger partial charge in [0.05, 0.1) is 17.8 Å². The van der Waals surface area contributed by atoms with E-state index in [9.17, 15) is 4.79 Å². The number of nitrogens with two attached hydrogens (primary N) is 1. The fraction of sp³-hybridized carbons (Fsp3) is 0.500. The zero-order chi connectivity index (χ0) is 14.3. The molecule has 0 heterocycles. The van der Waals surface area contributed by atoms with Crippen LogP contribution in [0.2, 0.25) is 0 Å². The van der Waals surface area contributed by atoms with Gasteiger partial charge in [-0.25, -0.2) is 0 Å². The maximum Gasteiger partial charge on any atom is 0.246 e. The van der Waals surface area contributed by atoms with Gasteiger partial charge in [0.1, 0.15) is 19.0 Å². The van der Waals surface area contributed by atoms with Gasteiger partial charge in [-0.3, -0.25) is 4.79 Å². The van der Waals surface area contributed by atoms with E-state index in [0.29, 0.717) is 24.6 Å². The van der Waals surface area contributed by atoms with Gasteiger partial charge in [0.15, 0.2) is 0 Å². The molecule has 1 aromatic carbocycles. The van der Waals surface area contributed by atoms with Crippen LogP contribution in [0.5, 0.6) is 5.75 Å². The monoisotopic (exact) mass is 266 g/mol. The minimum Gasteiger partial charge on any atom is -0.490 e. The molecular weight excluding hydrogens is 244 g/mol. The smallest absolute Gasteiger partial charge is 0.246 e. The lowest BCUT2D eigenvalue weighted by Crippen LogP contribution is -2.34. The molecule has 0 aliphatic heterocycles. The van der Waals surface area contributed by atoms with Crippen molar-refractivity contribution in [2.24, 2.45) is 0 Å². The first-order valence-corrected chi connectivity index (χ1v) is 6.26. The van der Waals surface area contributed by atoms with E-state index in [1.54, 1.807) is 12.1 Å². The number of para-hydroxylation sites is 2. The number of anilines is 1. The Labute approximate surface area is 114 Å². The van der Waals surface area contributed by atoms with E-state index in [1.807, 2.05) is 32.9 Å². The highest BCUT2D eigenvalue weighted by Gasteiger charge is 2.12. The molecule has 0 atom stereocenters. The second-order valence-corrected chi connectivity index (χ2v) is 5.14. The van der Waals surface area contributed by atoms with E-state index < -0.39 is 0 Å². The molecule has 19 heavy (non-hydrogen) atoms. The zero-order valence-corrected chi connectivity index (χ0v) is 11.7. The van der Waals surface area contributed by atoms with E-state index in [4.69, 9.17) is 15.2 Å². The molecule has 0 aromatic heterocycles. The average molecular weight is 266 g/mol. The van der Waals surface area contributed by atoms with Crippen LogP contribution in [0.3, 0.4) is 0 Å². The van der Waals surface area contributed by atoms with Crippen molar-refractivity contribution in [1.82, 2.24) is 5.32 Å². The lowest BCUT2D eigenvalue weighted by molar-refractivity contribution is -0.130. The molecule has 0 bridgehead atoms. The molecule has 0 saturated carbocycles. The summed E-state index contributed by atoms with van der Waals surface area (Å²) in [5.41, 5.74) is 6.00. The Morgan fingerprint density at radius 2 is 2.00 bits per heavy atom. The van der Waals surface area contributed by atoms with Crippen LogP contribution in [0, 0.1) is 0 Å². The molecule has 5 nitrogen and oxygen atoms in total. The molecule has 0 aliphatic carbocycles. The van der Waals surface area contributed by atoms with Gasteiger partial charge in [-0.05, 0) is 32.9 Å². The lowest BCUT2D eigenvalue weighted by Gasteiger charge is -2.19. The Hall–Kier alpha value is -1.75. The summed E-state index contributed by atoms with van der Waals surface area (Å²) in [5, 5.41) is 2.72. The SMILES string of the molecule is CC(C)(C)OCC(=O)NCCOc1ccccc1N. The van der Waals surface area contributed by atoms with Crippen LogP contribution >= 0.6 is 0 Å². The maximum absolute atomic E-state index is 11.5. The summed E-state index contributed by atoms with van der Waals surface area (Å²) in [6.45, 7) is 6.55. The minimum atomic E-state index is -0.313. The average Bonchev–Trinajstić information content (AvgIpc) is 2.33. The van der Waals surface area contributed by atoms with Crippen LogP contribution < -0.4 is 15.8 Å². The van der Waals surface area contributed by atoms with Crippen LogP contribution in [0.1, 0.15) is 20.8 Å². The topological polar surface area (TPSA) is 73.6 Å². The van der Waals surface area contributed by atoms with E-state index >= 15 is 0 Å². The lowest BCUT2D eigenvalue weighted by atomic mass is 10.2. The third-order valence-electron chi connectivity index (χ3n) is 2.24. The zero-order valence-electron chi connectivity index (χ0n) is 11.7. The van der Waals surface area contributed by atoms with E-state index in [-0.39, 0.29) is 18.1 Å². The van der Waals surface area contributed by atoms with Gasteiger partial charge >= 0.3 is 0 Å². The third-order valence-corrected chi connectivity index (χ3v) is 2.24. The number of nitrogen functional groups attached to an aromatic ring is 1. The first kappa shape index (κ1) is 15.3. The number of rotatable bonds is 6. The minimum absolute atomic E-state index is 0.0526. The molecular formula is C14H22N2O3. The number of nitrogens with one attached hydrogen (secondary N) is 1. The summed E-state index contributed by atoms with van der Waals surface area (Å²) in [4.78, 5) is 11.5. The number of hydrogen-bond donors (Lipinski definition) is 2. The predicted octanol–water partition coefficient (Wildman–Crippen LogP) is 1.58. The number of ether oxygens (including phenoxy) is 2. The summed E-state index contributed by atoms with van der Waals surface area (Å²) in [6, 6.07) is 7.25. The molecule has 106 valence electrons. The first-order chi connectivity index (χ1) is 8.88. The Kier molecular flexibility index (Phi) is 5.63. The summed E-state index contributed by atoms with van der Waals surface area (Å²) >= 11 is 0. The highest BCUT2D eigenvalue weighted by Crippen LogP contribution is 2.19. The van der Waals surface area contributed by atoms with Crippen LogP contribution in [-0.2, 0) is 9.53 Å². The Morgan fingerprint density at radius 3 is 2.63 bits per heavy atom. The number of hydrogen-bond acceptors (Lipinski definition) is 4. The maximum atomic E-state index is 11.5. The molecule has 5 heteroatoms. The predicted molar refractivity (Wildman–Crippen MR) is 75.1 cm³/mol. The molecule has 0 unspecified atom stereocenters. The van der Waals surface area contributed by atoms with E-state index in [0.717, 1.165) is 0 Å². The molecule has 0 radical (unpaired) electrons. The number of benzene rings is 1. The number of amides is 1. The van der Waals surface area contributed by atoms with Gasteiger partial charge < -0.3 is 20.5 Å². The van der Waals surface area contributed by atoms with Crippen LogP contribution in [0.15, 0.2) is 24.3 Å². The van der Waals surface area contributed by atoms with Crippen molar-refractivity contribution in [3.63, 3.8) is 0 Å². The van der Waals surface area contributed by atoms with Gasteiger partial charge in [0, 0.05) is 0 Å². The number of carbonyl (C=O) groups excluding carboxylic acids is 1. The Bertz CT molecular complexity index is 413. The Balaban J connectivity index is 2.17. The summed E-state index contributed by atoms with van der Waals surface area (Å²) in [7, 11) is 0. The van der Waals surface area contributed by atoms with Crippen molar-refractivity contribution in [1.29, 1.82) is 0 Å². The molecule has 0 aliphatic rings. The summed E-state index contributed by atoms with van der Waals surface area (Å²) in [6.07, 6.45) is 0. The van der Waals surface area contributed by atoms with E-state index in [1.165, 1.54) is 0 Å². The Morgan fingerprint density at radius 1 is 1.32 bits per heavy atom. The molecule has 1 rings (SSSR count).